The van der Waals surface area contributed by atoms with Gasteiger partial charge >= 0.3 is 0 Å². The molecule has 0 atom stereocenters. The third-order valence-corrected chi connectivity index (χ3v) is 13.0. The Morgan fingerprint density at radius 1 is 0.382 bits per heavy atom. The largest absolute Gasteiger partial charge is 0.294 e. The Balaban J connectivity index is 0.999. The van der Waals surface area contributed by atoms with Gasteiger partial charge in [-0.3, -0.25) is 9.13 Å². The van der Waals surface area contributed by atoms with E-state index in [0.717, 1.165) is 116 Å². The lowest BCUT2D eigenvalue weighted by atomic mass is 10.0. The summed E-state index contributed by atoms with van der Waals surface area (Å²) in [5.41, 5.74) is 9.60. The number of rotatable bonds is 8. The van der Waals surface area contributed by atoms with Crippen LogP contribution >= 0.6 is 0 Å². The lowest BCUT2D eigenvalue weighted by Crippen LogP contribution is -2.07. The lowest BCUT2D eigenvalue weighted by Gasteiger charge is -2.13. The summed E-state index contributed by atoms with van der Waals surface area (Å²) in [4.78, 5) is 41.1. The Labute approximate surface area is 391 Å². The predicted octanol–water partition coefficient (Wildman–Crippen LogP) is 13.2. The predicted molar refractivity (Wildman–Crippen MR) is 273 cm³/mol. The Kier molecular flexibility index (Phi) is 9.66. The molecule has 10 nitrogen and oxygen atoms in total. The Morgan fingerprint density at radius 2 is 0.971 bits per heavy atom. The molecule has 6 aromatic heterocycles. The minimum absolute atomic E-state index is 0.525. The molecule has 0 saturated heterocycles. The second-order valence-corrected chi connectivity index (χ2v) is 17.3. The zero-order valence-corrected chi connectivity index (χ0v) is 37.0. The van der Waals surface area contributed by atoms with E-state index in [1.54, 1.807) is 0 Å². The van der Waals surface area contributed by atoms with Gasteiger partial charge in [0.05, 0.1) is 22.1 Å². The van der Waals surface area contributed by atoms with Crippen molar-refractivity contribution in [3.05, 3.63) is 200 Å². The average molecular weight is 879 g/mol. The number of hydrogen-bond donors (Lipinski definition) is 0. The average Bonchev–Trinajstić information content (AvgIpc) is 3.95. The molecule has 68 heavy (non-hydrogen) atoms. The number of aromatic nitrogens is 10. The fourth-order valence-corrected chi connectivity index (χ4v) is 9.81. The van der Waals surface area contributed by atoms with Crippen molar-refractivity contribution in [2.75, 3.05) is 0 Å². The van der Waals surface area contributed by atoms with Crippen LogP contribution in [0.3, 0.4) is 0 Å². The molecule has 324 valence electrons. The first-order chi connectivity index (χ1) is 33.7. The number of fused-ring (bicyclic) bond motifs is 7. The highest BCUT2D eigenvalue weighted by Gasteiger charge is 2.24. The van der Waals surface area contributed by atoms with E-state index in [0.29, 0.717) is 46.3 Å². The number of nitrogens with zero attached hydrogens (tertiary/aromatic N) is 10. The van der Waals surface area contributed by atoms with Crippen molar-refractivity contribution in [3.63, 3.8) is 0 Å². The molecule has 0 N–H and O–H groups in total. The van der Waals surface area contributed by atoms with Crippen LogP contribution in [0.1, 0.15) is 56.0 Å². The molecule has 3 aliphatic rings. The summed E-state index contributed by atoms with van der Waals surface area (Å²) < 4.78 is 4.55. The maximum absolute atomic E-state index is 5.42. The van der Waals surface area contributed by atoms with Crippen LogP contribution in [-0.2, 0) is 0 Å². The van der Waals surface area contributed by atoms with Crippen LogP contribution in [0.4, 0.5) is 0 Å². The Hall–Kier alpha value is -8.76. The highest BCUT2D eigenvalue weighted by Crippen LogP contribution is 2.42. The summed E-state index contributed by atoms with van der Waals surface area (Å²) in [6, 6.07) is 43.9. The molecule has 0 saturated carbocycles. The molecular formula is C58H42N10. The van der Waals surface area contributed by atoms with E-state index < -0.39 is 0 Å². The van der Waals surface area contributed by atoms with E-state index in [-0.39, 0.29) is 0 Å². The minimum Gasteiger partial charge on any atom is -0.294 e. The SMILES string of the molecule is C1=CCCC(c2nc(C3=CCCC=C3)nc(-c3cccc(-n4c5ccccc5c5ccc6c(c7ccccc7n6-c6cccc(-c7nc(C8=CC=CCC8)nc(-c8ccccc8)n7)n6)c54)n3)n2)=C1. The Bertz CT molecular complexity index is 3860. The van der Waals surface area contributed by atoms with Crippen LogP contribution in [-0.4, -0.2) is 49.0 Å². The normalized spacial score (nSPS) is 14.8. The second-order valence-electron chi connectivity index (χ2n) is 17.3. The van der Waals surface area contributed by atoms with E-state index in [1.165, 1.54) is 0 Å². The summed E-state index contributed by atoms with van der Waals surface area (Å²) in [5.74, 6) is 5.24. The molecule has 0 radical (unpaired) electrons. The van der Waals surface area contributed by atoms with Gasteiger partial charge in [0.25, 0.3) is 0 Å². The van der Waals surface area contributed by atoms with E-state index in [4.69, 9.17) is 39.9 Å². The zero-order chi connectivity index (χ0) is 45.0. The molecule has 0 fully saturated rings. The van der Waals surface area contributed by atoms with E-state index >= 15 is 0 Å². The molecule has 10 heteroatoms. The molecule has 10 aromatic rings. The zero-order valence-electron chi connectivity index (χ0n) is 37.0. The van der Waals surface area contributed by atoms with Crippen molar-refractivity contribution < 1.29 is 0 Å². The summed E-state index contributed by atoms with van der Waals surface area (Å²) in [5, 5.41) is 4.45. The summed E-state index contributed by atoms with van der Waals surface area (Å²) in [6.07, 6.45) is 24.9. The van der Waals surface area contributed by atoms with Crippen molar-refractivity contribution in [1.82, 2.24) is 49.0 Å². The fraction of sp³-hybridized carbons (Fsp3) is 0.103. The van der Waals surface area contributed by atoms with Gasteiger partial charge in [-0.05, 0) is 92.1 Å². The molecule has 0 spiro atoms. The van der Waals surface area contributed by atoms with Crippen molar-refractivity contribution in [3.8, 4) is 46.1 Å². The highest BCUT2D eigenvalue weighted by atomic mass is 15.1. The summed E-state index contributed by atoms with van der Waals surface area (Å²) in [6.45, 7) is 0. The maximum Gasteiger partial charge on any atom is 0.182 e. The number of hydrogen-bond acceptors (Lipinski definition) is 8. The van der Waals surface area contributed by atoms with Crippen molar-refractivity contribution in [2.45, 2.75) is 38.5 Å². The summed E-state index contributed by atoms with van der Waals surface area (Å²) >= 11 is 0. The van der Waals surface area contributed by atoms with Gasteiger partial charge in [0.15, 0.2) is 34.9 Å². The van der Waals surface area contributed by atoms with Crippen LogP contribution in [0.15, 0.2) is 182 Å². The van der Waals surface area contributed by atoms with Gasteiger partial charge in [-0.15, -0.1) is 0 Å². The Morgan fingerprint density at radius 3 is 1.63 bits per heavy atom. The fourth-order valence-electron chi connectivity index (χ4n) is 9.81. The van der Waals surface area contributed by atoms with Gasteiger partial charge in [-0.1, -0.05) is 140 Å². The molecule has 0 unspecified atom stereocenters. The van der Waals surface area contributed by atoms with E-state index in [1.807, 2.05) is 48.5 Å². The van der Waals surface area contributed by atoms with Crippen LogP contribution in [0.25, 0.3) is 106 Å². The van der Waals surface area contributed by atoms with Gasteiger partial charge in [-0.2, -0.15) is 0 Å². The highest BCUT2D eigenvalue weighted by molar-refractivity contribution is 6.26. The van der Waals surface area contributed by atoms with E-state index in [9.17, 15) is 0 Å². The monoisotopic (exact) mass is 878 g/mol. The number of para-hydroxylation sites is 2. The topological polar surface area (TPSA) is 113 Å². The second kappa shape index (κ2) is 16.6. The molecular weight excluding hydrogens is 837 g/mol. The van der Waals surface area contributed by atoms with Gasteiger partial charge in [0, 0.05) is 32.7 Å². The standard InChI is InChI=1S/C58H42N10/c1-5-19-37(20-6-1)53-61-54(38-21-7-2-8-22-38)64-57(63-53)44-29-17-33-49(59-44)67-47-32-16-14-28-43(47)51-48(67)36-35-42-41-27-13-15-31-46(41)68(52(42)51)50-34-18-30-45(60-50)58-65-55(39-23-9-3-10-24-39)62-56(66-58)40-25-11-4-12-26-40/h1-3,5-7,9,11,13-21,23,25-36H,4,8,10,12,22,24H2. The van der Waals surface area contributed by atoms with Gasteiger partial charge in [0.2, 0.25) is 0 Å². The molecule has 6 heterocycles. The first kappa shape index (κ1) is 39.6. The van der Waals surface area contributed by atoms with Crippen LogP contribution in [0.2, 0.25) is 0 Å². The molecule has 4 aromatic carbocycles. The van der Waals surface area contributed by atoms with Crippen molar-refractivity contribution in [1.29, 1.82) is 0 Å². The van der Waals surface area contributed by atoms with Gasteiger partial charge in [0.1, 0.15) is 23.0 Å². The molecule has 0 aliphatic heterocycles. The first-order valence-electron chi connectivity index (χ1n) is 23.3. The smallest absolute Gasteiger partial charge is 0.182 e. The first-order valence-corrected chi connectivity index (χ1v) is 23.3. The maximum atomic E-state index is 5.42. The number of allylic oxidation sites excluding steroid dienone is 12. The van der Waals surface area contributed by atoms with Crippen molar-refractivity contribution in [2.24, 2.45) is 0 Å². The molecule has 0 bridgehead atoms. The molecule has 0 amide bonds. The van der Waals surface area contributed by atoms with Crippen molar-refractivity contribution >= 4 is 60.3 Å². The van der Waals surface area contributed by atoms with Crippen LogP contribution in [0.5, 0.6) is 0 Å². The number of benzene rings is 4. The molecule has 3 aliphatic carbocycles. The third kappa shape index (κ3) is 6.88. The quantitative estimate of drug-likeness (QED) is 0.148. The summed E-state index contributed by atoms with van der Waals surface area (Å²) in [7, 11) is 0. The van der Waals surface area contributed by atoms with Gasteiger partial charge < -0.3 is 0 Å². The van der Waals surface area contributed by atoms with Crippen LogP contribution in [0, 0.1) is 0 Å². The third-order valence-electron chi connectivity index (χ3n) is 13.0. The van der Waals surface area contributed by atoms with E-state index in [2.05, 4.69) is 143 Å². The minimum atomic E-state index is 0.525. The van der Waals surface area contributed by atoms with Crippen LogP contribution < -0.4 is 0 Å². The lowest BCUT2D eigenvalue weighted by molar-refractivity contribution is 0.945. The number of pyridine rings is 2. The molecule has 13 rings (SSSR count). The van der Waals surface area contributed by atoms with Gasteiger partial charge in [-0.25, -0.2) is 39.9 Å².